The summed E-state index contributed by atoms with van der Waals surface area (Å²) in [6.45, 7) is 11.0. The first kappa shape index (κ1) is 27.1. The fourth-order valence-corrected chi connectivity index (χ4v) is 4.65. The maximum atomic E-state index is 12.9. The third kappa shape index (κ3) is 5.90. The van der Waals surface area contributed by atoms with Gasteiger partial charge in [0, 0.05) is 68.9 Å². The standard InChI is InChI=1S/C29H35N9O2/c1-5-10-31-27(39)21-18-32-28(36-26(21)35-25-8-6-7-24(34-25)29(2,3)40)33-19-16-22-20(9-13-37(22)4)23(17-19)38-14-11-30-12-15-38/h5-9,13,16-18,30,40H,1,10-12,14-15H2,2-4H3,(H,31,39)(H2,32,33,34,35,36). The van der Waals surface area contributed by atoms with Crippen molar-refractivity contribution in [2.75, 3.05) is 48.3 Å². The van der Waals surface area contributed by atoms with E-state index in [1.165, 1.54) is 11.6 Å². The molecule has 4 aromatic rings. The summed E-state index contributed by atoms with van der Waals surface area (Å²) < 4.78 is 2.09. The number of nitrogens with one attached hydrogen (secondary N) is 4. The fourth-order valence-electron chi connectivity index (χ4n) is 4.65. The summed E-state index contributed by atoms with van der Waals surface area (Å²) in [6.07, 6.45) is 5.14. The number of rotatable bonds is 9. The molecule has 5 N–H and O–H groups in total. The number of anilines is 5. The topological polar surface area (TPSA) is 132 Å². The van der Waals surface area contributed by atoms with Crippen LogP contribution in [-0.4, -0.2) is 63.3 Å². The number of nitrogens with zero attached hydrogens (tertiary/aromatic N) is 5. The molecule has 1 saturated heterocycles. The number of aliphatic hydroxyl groups is 1. The summed E-state index contributed by atoms with van der Waals surface area (Å²) in [5, 5.41) is 24.3. The van der Waals surface area contributed by atoms with Gasteiger partial charge in [-0.3, -0.25) is 4.79 Å². The van der Waals surface area contributed by atoms with E-state index in [-0.39, 0.29) is 17.3 Å². The molecule has 0 bridgehead atoms. The fraction of sp³-hybridized carbons (Fsp3) is 0.310. The summed E-state index contributed by atoms with van der Waals surface area (Å²) >= 11 is 0. The van der Waals surface area contributed by atoms with Crippen LogP contribution in [0.25, 0.3) is 10.9 Å². The zero-order valence-corrected chi connectivity index (χ0v) is 23.0. The lowest BCUT2D eigenvalue weighted by Gasteiger charge is -2.30. The first-order chi connectivity index (χ1) is 19.2. The maximum Gasteiger partial charge on any atom is 0.256 e. The number of hydrogen-bond acceptors (Lipinski definition) is 9. The largest absolute Gasteiger partial charge is 0.384 e. The van der Waals surface area contributed by atoms with Gasteiger partial charge in [0.1, 0.15) is 22.8 Å². The monoisotopic (exact) mass is 541 g/mol. The zero-order valence-electron chi connectivity index (χ0n) is 23.0. The molecule has 1 amide bonds. The smallest absolute Gasteiger partial charge is 0.256 e. The Morgan fingerprint density at radius 1 is 1.18 bits per heavy atom. The van der Waals surface area contributed by atoms with Crippen LogP contribution in [0.5, 0.6) is 0 Å². The number of carbonyl (C=O) groups excluding carboxylic acids is 1. The van der Waals surface area contributed by atoms with E-state index in [0.29, 0.717) is 24.0 Å². The molecule has 1 aliphatic heterocycles. The van der Waals surface area contributed by atoms with Crippen LogP contribution in [0.3, 0.4) is 0 Å². The van der Waals surface area contributed by atoms with Crippen molar-refractivity contribution in [3.63, 3.8) is 0 Å². The summed E-state index contributed by atoms with van der Waals surface area (Å²) in [5.41, 5.74) is 2.68. The zero-order chi connectivity index (χ0) is 28.3. The van der Waals surface area contributed by atoms with Crippen LogP contribution < -0.4 is 26.2 Å². The van der Waals surface area contributed by atoms with Crippen LogP contribution in [0.2, 0.25) is 0 Å². The normalized spacial score (nSPS) is 13.8. The van der Waals surface area contributed by atoms with E-state index in [0.717, 1.165) is 43.1 Å². The summed E-state index contributed by atoms with van der Waals surface area (Å²) in [7, 11) is 2.03. The van der Waals surface area contributed by atoms with Gasteiger partial charge in [-0.25, -0.2) is 9.97 Å². The average Bonchev–Trinajstić information content (AvgIpc) is 3.32. The third-order valence-corrected chi connectivity index (χ3v) is 6.76. The molecule has 0 spiro atoms. The molecule has 11 nitrogen and oxygen atoms in total. The molecule has 0 atom stereocenters. The van der Waals surface area contributed by atoms with Crippen molar-refractivity contribution < 1.29 is 9.90 Å². The van der Waals surface area contributed by atoms with Gasteiger partial charge >= 0.3 is 0 Å². The van der Waals surface area contributed by atoms with Crippen LogP contribution in [0.15, 0.2) is 61.4 Å². The van der Waals surface area contributed by atoms with E-state index in [1.807, 2.05) is 7.05 Å². The van der Waals surface area contributed by atoms with Crippen LogP contribution in [0.1, 0.15) is 29.9 Å². The number of fused-ring (bicyclic) bond motifs is 1. The Kier molecular flexibility index (Phi) is 7.67. The highest BCUT2D eigenvalue weighted by atomic mass is 16.3. The van der Waals surface area contributed by atoms with Crippen LogP contribution in [0.4, 0.5) is 29.0 Å². The predicted octanol–water partition coefficient (Wildman–Crippen LogP) is 3.40. The molecule has 3 aromatic heterocycles. The quantitative estimate of drug-likeness (QED) is 0.202. The van der Waals surface area contributed by atoms with E-state index in [9.17, 15) is 9.90 Å². The highest BCUT2D eigenvalue weighted by Crippen LogP contribution is 2.33. The van der Waals surface area contributed by atoms with Gasteiger partial charge in [-0.05, 0) is 44.2 Å². The van der Waals surface area contributed by atoms with Gasteiger partial charge in [0.15, 0.2) is 0 Å². The Balaban J connectivity index is 1.50. The minimum absolute atomic E-state index is 0.252. The highest BCUT2D eigenvalue weighted by molar-refractivity contribution is 5.99. The van der Waals surface area contributed by atoms with E-state index in [4.69, 9.17) is 0 Å². The summed E-state index contributed by atoms with van der Waals surface area (Å²) in [6, 6.07) is 11.6. The van der Waals surface area contributed by atoms with Gasteiger partial charge in [0.05, 0.1) is 11.2 Å². The molecule has 40 heavy (non-hydrogen) atoms. The minimum Gasteiger partial charge on any atom is -0.384 e. The van der Waals surface area contributed by atoms with E-state index in [2.05, 4.69) is 76.7 Å². The predicted molar refractivity (Wildman–Crippen MR) is 159 cm³/mol. The average molecular weight is 542 g/mol. The molecule has 0 radical (unpaired) electrons. The molecule has 1 aromatic carbocycles. The van der Waals surface area contributed by atoms with Crippen LogP contribution in [0, 0.1) is 0 Å². The van der Waals surface area contributed by atoms with E-state index in [1.54, 1.807) is 38.1 Å². The van der Waals surface area contributed by atoms with Gasteiger partial charge in [-0.15, -0.1) is 6.58 Å². The summed E-state index contributed by atoms with van der Waals surface area (Å²) in [4.78, 5) is 28.9. The van der Waals surface area contributed by atoms with Gasteiger partial charge < -0.3 is 35.8 Å². The lowest BCUT2D eigenvalue weighted by atomic mass is 10.1. The first-order valence-corrected chi connectivity index (χ1v) is 13.3. The number of hydrogen-bond donors (Lipinski definition) is 5. The molecule has 11 heteroatoms. The molecular formula is C29H35N9O2. The van der Waals surface area contributed by atoms with Gasteiger partial charge in [0.25, 0.3) is 5.91 Å². The van der Waals surface area contributed by atoms with Gasteiger partial charge in [-0.2, -0.15) is 4.98 Å². The second-order valence-electron chi connectivity index (χ2n) is 10.3. The Hall–Kier alpha value is -4.48. The van der Waals surface area contributed by atoms with Crippen molar-refractivity contribution in [1.29, 1.82) is 0 Å². The molecule has 5 rings (SSSR count). The number of aromatic nitrogens is 4. The Morgan fingerprint density at radius 3 is 2.73 bits per heavy atom. The summed E-state index contributed by atoms with van der Waals surface area (Å²) in [5.74, 6) is 0.690. The SMILES string of the molecule is C=CCNC(=O)c1cnc(Nc2cc(N3CCNCC3)c3ccn(C)c3c2)nc1Nc1cccc(C(C)(C)O)n1. The number of pyridine rings is 1. The van der Waals surface area contributed by atoms with Crippen molar-refractivity contribution in [3.05, 3.63) is 72.7 Å². The van der Waals surface area contributed by atoms with Crippen molar-refractivity contribution in [2.45, 2.75) is 19.4 Å². The molecule has 208 valence electrons. The van der Waals surface area contributed by atoms with Crippen molar-refractivity contribution >= 4 is 45.8 Å². The first-order valence-electron chi connectivity index (χ1n) is 13.3. The lowest BCUT2D eigenvalue weighted by molar-refractivity contribution is 0.0740. The number of aryl methyl sites for hydroxylation is 1. The molecule has 0 aliphatic carbocycles. The van der Waals surface area contributed by atoms with E-state index < -0.39 is 5.60 Å². The molecular weight excluding hydrogens is 506 g/mol. The number of amides is 1. The second kappa shape index (κ2) is 11.3. The van der Waals surface area contributed by atoms with Crippen molar-refractivity contribution in [2.24, 2.45) is 7.05 Å². The molecule has 4 heterocycles. The Labute approximate surface area is 233 Å². The lowest BCUT2D eigenvalue weighted by Crippen LogP contribution is -2.43. The molecule has 0 unspecified atom stereocenters. The van der Waals surface area contributed by atoms with Gasteiger partial charge in [0.2, 0.25) is 5.95 Å². The maximum absolute atomic E-state index is 12.9. The second-order valence-corrected chi connectivity index (χ2v) is 10.3. The van der Waals surface area contributed by atoms with Crippen molar-refractivity contribution in [1.82, 2.24) is 30.2 Å². The highest BCUT2D eigenvalue weighted by Gasteiger charge is 2.20. The Morgan fingerprint density at radius 2 is 1.98 bits per heavy atom. The minimum atomic E-state index is -1.13. The van der Waals surface area contributed by atoms with Crippen LogP contribution >= 0.6 is 0 Å². The van der Waals surface area contributed by atoms with Crippen molar-refractivity contribution in [3.8, 4) is 0 Å². The molecule has 1 fully saturated rings. The molecule has 1 aliphatic rings. The third-order valence-electron chi connectivity index (χ3n) is 6.76. The van der Waals surface area contributed by atoms with Crippen LogP contribution in [-0.2, 0) is 12.6 Å². The van der Waals surface area contributed by atoms with Gasteiger partial charge in [-0.1, -0.05) is 12.1 Å². The number of benzene rings is 1. The number of carbonyl (C=O) groups is 1. The van der Waals surface area contributed by atoms with E-state index >= 15 is 0 Å². The molecule has 0 saturated carbocycles. The number of piperazine rings is 1. The Bertz CT molecular complexity index is 1530.